The van der Waals surface area contributed by atoms with Gasteiger partial charge in [-0.1, -0.05) is 115 Å². The Balaban J connectivity index is 1.73. The van der Waals surface area contributed by atoms with Gasteiger partial charge in [0, 0.05) is 25.4 Å². The first-order chi connectivity index (χ1) is 18.1. The van der Waals surface area contributed by atoms with Crippen LogP contribution >= 0.6 is 31.9 Å². The highest BCUT2D eigenvalue weighted by molar-refractivity contribution is 9.10. The van der Waals surface area contributed by atoms with Gasteiger partial charge in [0.1, 0.15) is 0 Å². The van der Waals surface area contributed by atoms with E-state index in [0.717, 1.165) is 17.3 Å². The van der Waals surface area contributed by atoms with Gasteiger partial charge in [0.05, 0.1) is 11.0 Å². The molecule has 0 aliphatic heterocycles. The number of halogens is 2. The smallest absolute Gasteiger partial charge is 0.0547 e. The fraction of sp³-hybridized carbons (Fsp3) is 0.353. The number of fused-ring (bicyclic) bond motifs is 5. The van der Waals surface area contributed by atoms with Crippen LogP contribution in [0.3, 0.4) is 0 Å². The maximum atomic E-state index is 3.96. The molecule has 1 aromatic heterocycles. The summed E-state index contributed by atoms with van der Waals surface area (Å²) in [5.74, 6) is 0. The normalized spacial score (nSPS) is 11.8. The molecule has 5 rings (SSSR count). The van der Waals surface area contributed by atoms with Crippen molar-refractivity contribution in [3.63, 3.8) is 0 Å². The summed E-state index contributed by atoms with van der Waals surface area (Å²) >= 11 is 7.72. The van der Waals surface area contributed by atoms with E-state index in [2.05, 4.69) is 117 Å². The Labute approximate surface area is 238 Å². The van der Waals surface area contributed by atoms with Crippen molar-refractivity contribution in [3.05, 3.63) is 86.8 Å². The number of rotatable bonds is 11. The van der Waals surface area contributed by atoms with Crippen molar-refractivity contribution in [2.24, 2.45) is 0 Å². The van der Waals surface area contributed by atoms with Gasteiger partial charge in [-0.3, -0.25) is 0 Å². The van der Waals surface area contributed by atoms with Crippen molar-refractivity contribution in [3.8, 4) is 5.69 Å². The van der Waals surface area contributed by atoms with Crippen LogP contribution in [0.4, 0.5) is 0 Å². The lowest BCUT2D eigenvalue weighted by Gasteiger charge is -2.17. The molecule has 4 aromatic carbocycles. The van der Waals surface area contributed by atoms with Crippen LogP contribution in [-0.4, -0.2) is 4.57 Å². The van der Waals surface area contributed by atoms with Crippen LogP contribution in [0.1, 0.15) is 76.3 Å². The molecule has 0 N–H and O–H groups in total. The Morgan fingerprint density at radius 1 is 0.622 bits per heavy atom. The van der Waals surface area contributed by atoms with E-state index in [4.69, 9.17) is 0 Å². The summed E-state index contributed by atoms with van der Waals surface area (Å²) in [5, 5.41) is 5.27. The second-order valence-corrected chi connectivity index (χ2v) is 12.1. The number of unbranched alkanes of at least 4 members (excludes halogenated alkanes) is 6. The third-order valence-electron chi connectivity index (χ3n) is 7.70. The van der Waals surface area contributed by atoms with Crippen LogP contribution in [-0.2, 0) is 12.8 Å². The summed E-state index contributed by atoms with van der Waals surface area (Å²) < 4.78 is 4.94. The Morgan fingerprint density at radius 3 is 2.08 bits per heavy atom. The largest absolute Gasteiger partial charge is 0.309 e. The number of aryl methyl sites for hydroxylation is 2. The number of nitrogens with zero attached hydrogens (tertiary/aromatic N) is 1. The minimum Gasteiger partial charge on any atom is -0.309 e. The average Bonchev–Trinajstić information content (AvgIpc) is 3.23. The standard InChI is InChI=1S/C34H37Br2N/c1-3-5-7-9-14-25-22-33(26(21-30(25)36)15-10-8-6-4-2)37-31-20-18-27(35)23-29(31)34-28-16-12-11-13-24(28)17-19-32(34)37/h11-13,16-23H,3-10,14-15H2,1-2H3. The molecule has 0 atom stereocenters. The van der Waals surface area contributed by atoms with E-state index in [1.54, 1.807) is 0 Å². The predicted octanol–water partition coefficient (Wildman–Crippen LogP) is 11.7. The predicted molar refractivity (Wildman–Crippen MR) is 169 cm³/mol. The second-order valence-electron chi connectivity index (χ2n) is 10.4. The highest BCUT2D eigenvalue weighted by atomic mass is 79.9. The Hall–Kier alpha value is -2.10. The Kier molecular flexibility index (Phi) is 8.72. The van der Waals surface area contributed by atoms with Gasteiger partial charge >= 0.3 is 0 Å². The van der Waals surface area contributed by atoms with Gasteiger partial charge in [0.15, 0.2) is 0 Å². The van der Waals surface area contributed by atoms with E-state index in [1.807, 2.05) is 0 Å². The highest BCUT2D eigenvalue weighted by Crippen LogP contribution is 2.40. The molecule has 0 bridgehead atoms. The lowest BCUT2D eigenvalue weighted by atomic mass is 9.99. The summed E-state index contributed by atoms with van der Waals surface area (Å²) in [6.45, 7) is 4.57. The number of benzene rings is 4. The molecular weight excluding hydrogens is 582 g/mol. The monoisotopic (exact) mass is 617 g/mol. The average molecular weight is 619 g/mol. The summed E-state index contributed by atoms with van der Waals surface area (Å²) in [6, 6.07) is 25.1. The van der Waals surface area contributed by atoms with E-state index < -0.39 is 0 Å². The quantitative estimate of drug-likeness (QED) is 0.130. The van der Waals surface area contributed by atoms with E-state index in [1.165, 1.54) is 105 Å². The van der Waals surface area contributed by atoms with Gasteiger partial charge < -0.3 is 4.57 Å². The maximum Gasteiger partial charge on any atom is 0.0547 e. The molecule has 0 aliphatic rings. The van der Waals surface area contributed by atoms with Crippen LogP contribution in [0.15, 0.2) is 75.7 Å². The molecule has 37 heavy (non-hydrogen) atoms. The molecule has 3 heteroatoms. The second kappa shape index (κ2) is 12.2. The molecule has 0 saturated carbocycles. The molecule has 0 unspecified atom stereocenters. The molecule has 0 amide bonds. The van der Waals surface area contributed by atoms with E-state index in [0.29, 0.717) is 0 Å². The number of hydrogen-bond donors (Lipinski definition) is 0. The zero-order valence-electron chi connectivity index (χ0n) is 22.1. The fourth-order valence-corrected chi connectivity index (χ4v) is 6.70. The number of aromatic nitrogens is 1. The molecule has 0 radical (unpaired) electrons. The molecule has 0 aliphatic carbocycles. The SMILES string of the molecule is CCCCCCc1cc(-n2c3ccc(Br)cc3c3c4ccccc4ccc32)c(CCCCCC)cc1Br. The zero-order valence-corrected chi connectivity index (χ0v) is 25.3. The Morgan fingerprint density at radius 2 is 1.32 bits per heavy atom. The summed E-state index contributed by atoms with van der Waals surface area (Å²) in [4.78, 5) is 0. The Bertz CT molecular complexity index is 1530. The van der Waals surface area contributed by atoms with E-state index in [-0.39, 0.29) is 0 Å². The molecular formula is C34H37Br2N. The first kappa shape index (κ1) is 26.5. The van der Waals surface area contributed by atoms with Crippen molar-refractivity contribution < 1.29 is 0 Å². The molecule has 1 heterocycles. The van der Waals surface area contributed by atoms with Gasteiger partial charge in [0.25, 0.3) is 0 Å². The molecule has 5 aromatic rings. The molecule has 192 valence electrons. The van der Waals surface area contributed by atoms with Crippen molar-refractivity contribution >= 4 is 64.4 Å². The van der Waals surface area contributed by atoms with E-state index >= 15 is 0 Å². The highest BCUT2D eigenvalue weighted by Gasteiger charge is 2.18. The van der Waals surface area contributed by atoms with Gasteiger partial charge in [-0.15, -0.1) is 0 Å². The minimum absolute atomic E-state index is 1.11. The third-order valence-corrected chi connectivity index (χ3v) is 8.94. The van der Waals surface area contributed by atoms with Crippen LogP contribution in [0.5, 0.6) is 0 Å². The van der Waals surface area contributed by atoms with Gasteiger partial charge in [0.2, 0.25) is 0 Å². The van der Waals surface area contributed by atoms with Crippen LogP contribution in [0.25, 0.3) is 38.3 Å². The van der Waals surface area contributed by atoms with Gasteiger partial charge in [-0.2, -0.15) is 0 Å². The van der Waals surface area contributed by atoms with Crippen LogP contribution in [0, 0.1) is 0 Å². The van der Waals surface area contributed by atoms with Gasteiger partial charge in [-0.25, -0.2) is 0 Å². The first-order valence-electron chi connectivity index (χ1n) is 14.1. The summed E-state index contributed by atoms with van der Waals surface area (Å²) in [6.07, 6.45) is 12.4. The third kappa shape index (κ3) is 5.54. The minimum atomic E-state index is 1.11. The topological polar surface area (TPSA) is 4.93 Å². The lowest BCUT2D eigenvalue weighted by molar-refractivity contribution is 0.661. The van der Waals surface area contributed by atoms with E-state index in [9.17, 15) is 0 Å². The molecule has 0 spiro atoms. The van der Waals surface area contributed by atoms with Crippen molar-refractivity contribution in [1.82, 2.24) is 4.57 Å². The summed E-state index contributed by atoms with van der Waals surface area (Å²) in [5.41, 5.74) is 6.79. The number of hydrogen-bond acceptors (Lipinski definition) is 0. The van der Waals surface area contributed by atoms with Gasteiger partial charge in [-0.05, 0) is 84.0 Å². The zero-order chi connectivity index (χ0) is 25.8. The van der Waals surface area contributed by atoms with Crippen LogP contribution < -0.4 is 0 Å². The fourth-order valence-electron chi connectivity index (χ4n) is 5.75. The lowest BCUT2D eigenvalue weighted by Crippen LogP contribution is -2.03. The molecule has 1 nitrogen and oxygen atoms in total. The first-order valence-corrected chi connectivity index (χ1v) is 15.6. The van der Waals surface area contributed by atoms with Crippen LogP contribution in [0.2, 0.25) is 0 Å². The van der Waals surface area contributed by atoms with Crippen molar-refractivity contribution in [2.45, 2.75) is 78.1 Å². The maximum absolute atomic E-state index is 3.96. The molecule has 0 fully saturated rings. The van der Waals surface area contributed by atoms with Crippen molar-refractivity contribution in [1.29, 1.82) is 0 Å². The molecule has 0 saturated heterocycles. The van der Waals surface area contributed by atoms with Crippen molar-refractivity contribution in [2.75, 3.05) is 0 Å². The summed E-state index contributed by atoms with van der Waals surface area (Å²) in [7, 11) is 0.